The highest BCUT2D eigenvalue weighted by molar-refractivity contribution is 6.08. The second kappa shape index (κ2) is 8.54. The molecule has 0 amide bonds. The van der Waals surface area contributed by atoms with E-state index in [9.17, 15) is 9.90 Å². The van der Waals surface area contributed by atoms with E-state index < -0.39 is 0 Å². The Bertz CT molecular complexity index is 1260. The van der Waals surface area contributed by atoms with Crippen molar-refractivity contribution < 1.29 is 14.6 Å². The lowest BCUT2D eigenvalue weighted by atomic mass is 9.86. The minimum absolute atomic E-state index is 0.0474. The fourth-order valence-electron chi connectivity index (χ4n) is 4.15. The van der Waals surface area contributed by atoms with Crippen LogP contribution in [-0.2, 0) is 16.7 Å². The van der Waals surface area contributed by atoms with Gasteiger partial charge in [-0.15, -0.1) is 0 Å². The van der Waals surface area contributed by atoms with Crippen LogP contribution in [0.2, 0.25) is 0 Å². The van der Waals surface area contributed by atoms with E-state index in [1.807, 2.05) is 47.9 Å². The first-order valence-electron chi connectivity index (χ1n) is 11.0. The third kappa shape index (κ3) is 4.13. The SMILES string of the molecule is CCOC(=O)c1c(-c2ccc(C(C)(C)C)cc2)c2ccccc2n1Cc1cccc(O)c1. The summed E-state index contributed by atoms with van der Waals surface area (Å²) in [6, 6.07) is 23.6. The summed E-state index contributed by atoms with van der Waals surface area (Å²) in [5.74, 6) is -0.145. The first kappa shape index (κ1) is 21.7. The molecule has 0 spiro atoms. The second-order valence-corrected chi connectivity index (χ2v) is 9.04. The fourth-order valence-corrected chi connectivity index (χ4v) is 4.15. The minimum atomic E-state index is -0.348. The third-order valence-corrected chi connectivity index (χ3v) is 5.73. The summed E-state index contributed by atoms with van der Waals surface area (Å²) in [6.45, 7) is 9.13. The van der Waals surface area contributed by atoms with Crippen LogP contribution >= 0.6 is 0 Å². The van der Waals surface area contributed by atoms with Crippen LogP contribution in [-0.4, -0.2) is 22.2 Å². The maximum atomic E-state index is 13.2. The molecule has 0 saturated carbocycles. The van der Waals surface area contributed by atoms with Crippen LogP contribution in [0, 0.1) is 0 Å². The molecule has 1 heterocycles. The lowest BCUT2D eigenvalue weighted by Crippen LogP contribution is -2.14. The van der Waals surface area contributed by atoms with Crippen LogP contribution in [0.5, 0.6) is 5.75 Å². The van der Waals surface area contributed by atoms with Crippen molar-refractivity contribution in [2.24, 2.45) is 0 Å². The normalized spacial score (nSPS) is 11.6. The minimum Gasteiger partial charge on any atom is -0.508 e. The lowest BCUT2D eigenvalue weighted by Gasteiger charge is -2.19. The molecule has 4 nitrogen and oxygen atoms in total. The topological polar surface area (TPSA) is 51.5 Å². The number of phenols is 1. The summed E-state index contributed by atoms with van der Waals surface area (Å²) in [4.78, 5) is 13.2. The Balaban J connectivity index is 1.95. The molecule has 0 unspecified atom stereocenters. The molecule has 0 radical (unpaired) electrons. The Morgan fingerprint density at radius 1 is 0.969 bits per heavy atom. The van der Waals surface area contributed by atoms with Gasteiger partial charge in [-0.25, -0.2) is 4.79 Å². The van der Waals surface area contributed by atoms with Crippen LogP contribution in [0.3, 0.4) is 0 Å². The number of aromatic nitrogens is 1. The van der Waals surface area contributed by atoms with Crippen LogP contribution in [0.1, 0.15) is 49.3 Å². The molecule has 1 N–H and O–H groups in total. The van der Waals surface area contributed by atoms with E-state index >= 15 is 0 Å². The molecule has 1 aromatic heterocycles. The van der Waals surface area contributed by atoms with Gasteiger partial charge in [-0.3, -0.25) is 0 Å². The van der Waals surface area contributed by atoms with Gasteiger partial charge in [0, 0.05) is 23.0 Å². The van der Waals surface area contributed by atoms with E-state index in [0.29, 0.717) is 18.8 Å². The first-order valence-corrected chi connectivity index (χ1v) is 11.0. The van der Waals surface area contributed by atoms with Gasteiger partial charge in [-0.05, 0) is 47.2 Å². The zero-order valence-corrected chi connectivity index (χ0v) is 19.1. The van der Waals surface area contributed by atoms with Gasteiger partial charge in [0.15, 0.2) is 0 Å². The fraction of sp³-hybridized carbons (Fsp3) is 0.250. The first-order chi connectivity index (χ1) is 15.3. The number of carbonyl (C=O) groups is 1. The standard InChI is InChI=1S/C28H29NO3/c1-5-32-27(31)26-25(20-13-15-21(16-14-20)28(2,3)4)23-11-6-7-12-24(23)29(26)18-19-9-8-10-22(30)17-19/h6-17,30H,5,18H2,1-4H3. The van der Waals surface area contributed by atoms with Crippen molar-refractivity contribution in [2.45, 2.75) is 39.7 Å². The van der Waals surface area contributed by atoms with Gasteiger partial charge in [-0.1, -0.05) is 75.4 Å². The molecule has 4 rings (SSSR count). The van der Waals surface area contributed by atoms with Gasteiger partial charge in [0.25, 0.3) is 0 Å². The summed E-state index contributed by atoms with van der Waals surface area (Å²) in [5.41, 5.74) is 5.53. The van der Waals surface area contributed by atoms with Crippen LogP contribution in [0.25, 0.3) is 22.0 Å². The largest absolute Gasteiger partial charge is 0.508 e. The molecule has 164 valence electrons. The summed E-state index contributed by atoms with van der Waals surface area (Å²) in [6.07, 6.45) is 0. The molecule has 0 aliphatic carbocycles. The number of phenolic OH excluding ortho intramolecular Hbond substituents is 1. The van der Waals surface area contributed by atoms with Gasteiger partial charge >= 0.3 is 5.97 Å². The molecule has 0 fully saturated rings. The summed E-state index contributed by atoms with van der Waals surface area (Å²) >= 11 is 0. The van der Waals surface area contributed by atoms with Crippen LogP contribution in [0.15, 0.2) is 72.8 Å². The lowest BCUT2D eigenvalue weighted by molar-refractivity contribution is 0.0516. The highest BCUT2D eigenvalue weighted by Crippen LogP contribution is 2.37. The highest BCUT2D eigenvalue weighted by Gasteiger charge is 2.25. The second-order valence-electron chi connectivity index (χ2n) is 9.04. The molecule has 0 atom stereocenters. The number of benzene rings is 3. The van der Waals surface area contributed by atoms with Crippen LogP contribution in [0.4, 0.5) is 0 Å². The Kier molecular flexibility index (Phi) is 5.79. The van der Waals surface area contributed by atoms with Crippen molar-refractivity contribution in [3.05, 3.63) is 89.6 Å². The number of ether oxygens (including phenoxy) is 1. The van der Waals surface area contributed by atoms with Crippen molar-refractivity contribution in [1.29, 1.82) is 0 Å². The molecule has 0 aliphatic rings. The molecule has 0 saturated heterocycles. The zero-order valence-electron chi connectivity index (χ0n) is 19.1. The van der Waals surface area contributed by atoms with Crippen molar-refractivity contribution in [2.75, 3.05) is 6.61 Å². The van der Waals surface area contributed by atoms with Gasteiger partial charge in [0.2, 0.25) is 0 Å². The Hall–Kier alpha value is -3.53. The Labute approximate surface area is 189 Å². The van der Waals surface area contributed by atoms with Gasteiger partial charge < -0.3 is 14.4 Å². The van der Waals surface area contributed by atoms with Crippen LogP contribution < -0.4 is 0 Å². The quantitative estimate of drug-likeness (QED) is 0.368. The number of carbonyl (C=O) groups excluding carboxylic acids is 1. The summed E-state index contributed by atoms with van der Waals surface area (Å²) < 4.78 is 7.49. The molecule has 4 aromatic rings. The number of rotatable bonds is 5. The number of hydrogen-bond acceptors (Lipinski definition) is 3. The zero-order chi connectivity index (χ0) is 22.9. The van der Waals surface area contributed by atoms with E-state index in [-0.39, 0.29) is 17.1 Å². The molecule has 4 heteroatoms. The molecular formula is C28H29NO3. The maximum absolute atomic E-state index is 13.2. The molecular weight excluding hydrogens is 398 g/mol. The summed E-state index contributed by atoms with van der Waals surface area (Å²) in [7, 11) is 0. The van der Waals surface area contributed by atoms with E-state index in [1.54, 1.807) is 12.1 Å². The van der Waals surface area contributed by atoms with Crippen molar-refractivity contribution in [1.82, 2.24) is 4.57 Å². The van der Waals surface area contributed by atoms with Crippen molar-refractivity contribution in [3.8, 4) is 16.9 Å². The van der Waals surface area contributed by atoms with Gasteiger partial charge in [0.05, 0.1) is 6.61 Å². The van der Waals surface area contributed by atoms with Gasteiger partial charge in [0.1, 0.15) is 11.4 Å². The number of nitrogens with zero attached hydrogens (tertiary/aromatic N) is 1. The van der Waals surface area contributed by atoms with E-state index in [1.165, 1.54) is 5.56 Å². The number of para-hydroxylation sites is 1. The maximum Gasteiger partial charge on any atom is 0.355 e. The van der Waals surface area contributed by atoms with Crippen molar-refractivity contribution >= 4 is 16.9 Å². The number of fused-ring (bicyclic) bond motifs is 1. The highest BCUT2D eigenvalue weighted by atomic mass is 16.5. The molecule has 0 bridgehead atoms. The van der Waals surface area contributed by atoms with E-state index in [0.717, 1.165) is 27.6 Å². The number of hydrogen-bond donors (Lipinski definition) is 1. The third-order valence-electron chi connectivity index (χ3n) is 5.73. The van der Waals surface area contributed by atoms with E-state index in [4.69, 9.17) is 4.74 Å². The Morgan fingerprint density at radius 3 is 2.34 bits per heavy atom. The monoisotopic (exact) mass is 427 g/mol. The van der Waals surface area contributed by atoms with E-state index in [2.05, 4.69) is 45.0 Å². The van der Waals surface area contributed by atoms with Gasteiger partial charge in [-0.2, -0.15) is 0 Å². The summed E-state index contributed by atoms with van der Waals surface area (Å²) in [5, 5.41) is 10.9. The average molecular weight is 428 g/mol. The Morgan fingerprint density at radius 2 is 1.69 bits per heavy atom. The average Bonchev–Trinajstić information content (AvgIpc) is 3.08. The predicted octanol–water partition coefficient (Wildman–Crippen LogP) is 6.54. The molecule has 3 aromatic carbocycles. The number of esters is 1. The molecule has 32 heavy (non-hydrogen) atoms. The smallest absolute Gasteiger partial charge is 0.355 e. The van der Waals surface area contributed by atoms with Crippen molar-refractivity contribution in [3.63, 3.8) is 0 Å². The number of aromatic hydroxyl groups is 1. The molecule has 0 aliphatic heterocycles. The predicted molar refractivity (Wildman–Crippen MR) is 129 cm³/mol.